The first-order chi connectivity index (χ1) is 7.96. The molecule has 1 unspecified atom stereocenters. The summed E-state index contributed by atoms with van der Waals surface area (Å²) in [4.78, 5) is 0. The molecule has 1 nitrogen and oxygen atoms in total. The van der Waals surface area contributed by atoms with Crippen molar-refractivity contribution < 1.29 is 30.7 Å². The van der Waals surface area contributed by atoms with Crippen LogP contribution in [-0.4, -0.2) is 12.4 Å². The Balaban J connectivity index is 3.25. The highest BCUT2D eigenvalue weighted by molar-refractivity contribution is 5.41. The highest BCUT2D eigenvalue weighted by atomic mass is 19.4. The van der Waals surface area contributed by atoms with Crippen molar-refractivity contribution in [3.63, 3.8) is 0 Å². The van der Waals surface area contributed by atoms with Gasteiger partial charge in [-0.05, 0) is 17.7 Å². The van der Waals surface area contributed by atoms with Crippen molar-refractivity contribution in [1.29, 1.82) is 0 Å². The number of alkyl halides is 7. The molecule has 0 aliphatic heterocycles. The van der Waals surface area contributed by atoms with Crippen LogP contribution in [0.1, 0.15) is 12.0 Å². The van der Waals surface area contributed by atoms with Crippen molar-refractivity contribution in [3.8, 4) is 0 Å². The highest BCUT2D eigenvalue weighted by Crippen LogP contribution is 2.49. The van der Waals surface area contributed by atoms with Gasteiger partial charge in [-0.25, -0.2) is 4.39 Å². The van der Waals surface area contributed by atoms with Crippen LogP contribution in [0, 0.1) is 0 Å². The molecule has 0 heterocycles. The van der Waals surface area contributed by atoms with Gasteiger partial charge >= 0.3 is 12.4 Å². The Kier molecular flexibility index (Phi) is 3.51. The molecule has 0 spiro atoms. The first kappa shape index (κ1) is 14.6. The summed E-state index contributed by atoms with van der Waals surface area (Å²) in [5, 5.41) is 0. The Morgan fingerprint density at radius 3 is 1.61 bits per heavy atom. The largest absolute Gasteiger partial charge is 0.427 e. The molecule has 0 bridgehead atoms. The van der Waals surface area contributed by atoms with E-state index >= 15 is 0 Å². The number of hydrogen-bond donors (Lipinski definition) is 1. The van der Waals surface area contributed by atoms with Crippen LogP contribution < -0.4 is 5.73 Å². The summed E-state index contributed by atoms with van der Waals surface area (Å²) in [5.74, 6) is 0. The quantitative estimate of drug-likeness (QED) is 0.642. The minimum Gasteiger partial charge on any atom is -0.399 e. The van der Waals surface area contributed by atoms with Crippen LogP contribution in [-0.2, 0) is 5.67 Å². The third-order valence-corrected chi connectivity index (χ3v) is 2.26. The predicted octanol–water partition coefficient (Wildman–Crippen LogP) is 3.95. The average molecular weight is 275 g/mol. The zero-order chi connectivity index (χ0) is 14.2. The fourth-order valence-electron chi connectivity index (χ4n) is 1.39. The molecule has 1 rings (SSSR count). The molecule has 1 atom stereocenters. The summed E-state index contributed by atoms with van der Waals surface area (Å²) in [6.07, 6.45) is -13.6. The summed E-state index contributed by atoms with van der Waals surface area (Å²) in [5.41, 5.74) is -0.393. The first-order valence-corrected chi connectivity index (χ1v) is 4.64. The minimum atomic E-state index is -5.67. The molecule has 102 valence electrons. The second-order valence-electron chi connectivity index (χ2n) is 3.71. The lowest BCUT2D eigenvalue weighted by Gasteiger charge is -2.29. The van der Waals surface area contributed by atoms with Gasteiger partial charge in [-0.2, -0.15) is 26.3 Å². The molecule has 1 aromatic rings. The van der Waals surface area contributed by atoms with Gasteiger partial charge in [-0.1, -0.05) is 12.1 Å². The summed E-state index contributed by atoms with van der Waals surface area (Å²) >= 11 is 0. The topological polar surface area (TPSA) is 26.0 Å². The molecule has 0 fully saturated rings. The summed E-state index contributed by atoms with van der Waals surface area (Å²) in [7, 11) is 0. The van der Waals surface area contributed by atoms with Crippen LogP contribution in [0.2, 0.25) is 0 Å². The second kappa shape index (κ2) is 4.33. The van der Waals surface area contributed by atoms with E-state index in [-0.39, 0.29) is 5.69 Å². The maximum absolute atomic E-state index is 13.8. The van der Waals surface area contributed by atoms with Gasteiger partial charge in [0.25, 0.3) is 0 Å². The predicted molar refractivity (Wildman–Crippen MR) is 50.4 cm³/mol. The fraction of sp³-hybridized carbons (Fsp3) is 0.400. The molecule has 0 saturated heterocycles. The van der Waals surface area contributed by atoms with Gasteiger partial charge in [0.1, 0.15) is 0 Å². The van der Waals surface area contributed by atoms with Crippen molar-refractivity contribution >= 4 is 5.69 Å². The normalized spacial score (nSPS) is 16.4. The lowest BCUT2D eigenvalue weighted by molar-refractivity contribution is -0.273. The molecule has 2 N–H and O–H groups in total. The molecule has 0 aliphatic rings. The second-order valence-corrected chi connectivity index (χ2v) is 3.71. The van der Waals surface area contributed by atoms with Crippen LogP contribution >= 0.6 is 0 Å². The zero-order valence-corrected chi connectivity index (χ0v) is 8.74. The number of hydrogen-bond acceptors (Lipinski definition) is 1. The third kappa shape index (κ3) is 3.05. The van der Waals surface area contributed by atoms with Crippen LogP contribution in [0.25, 0.3) is 0 Å². The maximum Gasteiger partial charge on any atom is 0.427 e. The standard InChI is InChI=1S/C10H8F7N/c11-8(10(15,16)17,5-9(12,13)14)6-1-3-7(18)4-2-6/h1-4H,5,18H2. The van der Waals surface area contributed by atoms with Gasteiger partial charge in [0.2, 0.25) is 5.67 Å². The number of anilines is 1. The van der Waals surface area contributed by atoms with Crippen molar-refractivity contribution in [2.45, 2.75) is 24.4 Å². The van der Waals surface area contributed by atoms with Gasteiger partial charge < -0.3 is 5.73 Å². The van der Waals surface area contributed by atoms with Crippen LogP contribution in [0.4, 0.5) is 36.4 Å². The van der Waals surface area contributed by atoms with E-state index in [1.165, 1.54) is 0 Å². The SMILES string of the molecule is Nc1ccc(C(F)(CC(F)(F)F)C(F)(F)F)cc1. The monoisotopic (exact) mass is 275 g/mol. The molecular formula is C10H8F7N. The molecule has 0 radical (unpaired) electrons. The van der Waals surface area contributed by atoms with Gasteiger partial charge in [0.05, 0.1) is 6.42 Å². The van der Waals surface area contributed by atoms with Crippen LogP contribution in [0.3, 0.4) is 0 Å². The third-order valence-electron chi connectivity index (χ3n) is 2.26. The van der Waals surface area contributed by atoms with E-state index in [4.69, 9.17) is 5.73 Å². The van der Waals surface area contributed by atoms with E-state index in [0.29, 0.717) is 12.1 Å². The minimum absolute atomic E-state index is 0.0234. The summed E-state index contributed by atoms with van der Waals surface area (Å²) < 4.78 is 87.6. The first-order valence-electron chi connectivity index (χ1n) is 4.64. The Morgan fingerprint density at radius 2 is 1.28 bits per heavy atom. The van der Waals surface area contributed by atoms with Crippen LogP contribution in [0.5, 0.6) is 0 Å². The van der Waals surface area contributed by atoms with Crippen LogP contribution in [0.15, 0.2) is 24.3 Å². The van der Waals surface area contributed by atoms with Crippen molar-refractivity contribution in [1.82, 2.24) is 0 Å². The molecule has 0 amide bonds. The smallest absolute Gasteiger partial charge is 0.399 e. The van der Waals surface area contributed by atoms with Crippen molar-refractivity contribution in [3.05, 3.63) is 29.8 Å². The molecule has 0 saturated carbocycles. The highest BCUT2D eigenvalue weighted by Gasteiger charge is 2.61. The molecule has 1 aromatic carbocycles. The maximum atomic E-state index is 13.8. The molecular weight excluding hydrogens is 267 g/mol. The van der Waals surface area contributed by atoms with Gasteiger partial charge in [0.15, 0.2) is 0 Å². The van der Waals surface area contributed by atoms with Gasteiger partial charge in [0, 0.05) is 5.69 Å². The number of nitrogen functional groups attached to an aromatic ring is 1. The lowest BCUT2D eigenvalue weighted by Crippen LogP contribution is -2.42. The number of halogens is 7. The molecule has 8 heteroatoms. The number of benzene rings is 1. The zero-order valence-electron chi connectivity index (χ0n) is 8.74. The Labute approximate surface area is 97.4 Å². The summed E-state index contributed by atoms with van der Waals surface area (Å²) in [6.45, 7) is 0. The number of nitrogens with two attached hydrogens (primary N) is 1. The van der Waals surface area contributed by atoms with Gasteiger partial charge in [-0.3, -0.25) is 0 Å². The molecule has 0 aromatic heterocycles. The Bertz CT molecular complexity index is 406. The van der Waals surface area contributed by atoms with E-state index in [0.717, 1.165) is 12.1 Å². The van der Waals surface area contributed by atoms with E-state index in [1.54, 1.807) is 0 Å². The Morgan fingerprint density at radius 1 is 0.833 bits per heavy atom. The molecule has 0 aliphatic carbocycles. The summed E-state index contributed by atoms with van der Waals surface area (Å²) in [6, 6.07) is 3.00. The van der Waals surface area contributed by atoms with Gasteiger partial charge in [-0.15, -0.1) is 0 Å². The van der Waals surface area contributed by atoms with E-state index < -0.39 is 30.0 Å². The average Bonchev–Trinajstić information content (AvgIpc) is 2.13. The molecule has 18 heavy (non-hydrogen) atoms. The van der Waals surface area contributed by atoms with Crippen molar-refractivity contribution in [2.75, 3.05) is 5.73 Å². The Hall–Kier alpha value is -1.47. The fourth-order valence-corrected chi connectivity index (χ4v) is 1.39. The lowest BCUT2D eigenvalue weighted by atomic mass is 9.91. The number of rotatable bonds is 2. The van der Waals surface area contributed by atoms with E-state index in [2.05, 4.69) is 0 Å². The van der Waals surface area contributed by atoms with E-state index in [1.807, 2.05) is 0 Å². The van der Waals surface area contributed by atoms with Crippen molar-refractivity contribution in [2.24, 2.45) is 0 Å². The van der Waals surface area contributed by atoms with E-state index in [9.17, 15) is 30.7 Å².